The first kappa shape index (κ1) is 21.9. The molecule has 136 valence electrons. The second-order valence-electron chi connectivity index (χ2n) is 5.61. The number of sulfonamides is 1. The molecule has 0 heterocycles. The summed E-state index contributed by atoms with van der Waals surface area (Å²) in [5.41, 5.74) is 0. The van der Waals surface area contributed by atoms with E-state index in [0.29, 0.717) is 5.92 Å². The highest BCUT2D eigenvalue weighted by Gasteiger charge is 2.38. The number of rotatable bonds is 5. The van der Waals surface area contributed by atoms with E-state index in [1.165, 1.54) is 0 Å². The number of hydrogen-bond acceptors (Lipinski definition) is 4. The van der Waals surface area contributed by atoms with Crippen LogP contribution in [-0.2, 0) is 14.8 Å². The van der Waals surface area contributed by atoms with E-state index in [4.69, 9.17) is 9.90 Å². The first-order chi connectivity index (χ1) is 10.4. The standard InChI is InChI=1S/C11H22N2O2S.C2HF3O2/c1-4-16(14,15)12-11-7-5-10(6-8-11)9-13(2)3;3-2(4,5)1(6)7/h4,10-12H,1,5-9H2,2-3H3;(H,6,7). The molecule has 2 N–H and O–H groups in total. The van der Waals surface area contributed by atoms with Crippen molar-refractivity contribution in [1.82, 2.24) is 9.62 Å². The van der Waals surface area contributed by atoms with Gasteiger partial charge in [0.15, 0.2) is 0 Å². The molecule has 0 radical (unpaired) electrons. The summed E-state index contributed by atoms with van der Waals surface area (Å²) in [4.78, 5) is 11.1. The number of carboxylic acids is 1. The van der Waals surface area contributed by atoms with Crippen LogP contribution >= 0.6 is 0 Å². The average Bonchev–Trinajstić information content (AvgIpc) is 2.40. The van der Waals surface area contributed by atoms with Crippen molar-refractivity contribution in [2.75, 3.05) is 20.6 Å². The minimum atomic E-state index is -5.08. The highest BCUT2D eigenvalue weighted by Crippen LogP contribution is 2.25. The Hall–Kier alpha value is -1.13. The van der Waals surface area contributed by atoms with E-state index in [-0.39, 0.29) is 6.04 Å². The van der Waals surface area contributed by atoms with Crippen LogP contribution in [0.2, 0.25) is 0 Å². The third-order valence-electron chi connectivity index (χ3n) is 3.26. The Morgan fingerprint density at radius 2 is 1.74 bits per heavy atom. The molecular formula is C13H23F3N2O4S. The molecule has 0 bridgehead atoms. The molecule has 0 saturated heterocycles. The molecule has 1 aliphatic rings. The first-order valence-corrected chi connectivity index (χ1v) is 8.51. The van der Waals surface area contributed by atoms with Gasteiger partial charge in [-0.1, -0.05) is 6.58 Å². The van der Waals surface area contributed by atoms with Gasteiger partial charge in [-0.15, -0.1) is 0 Å². The SMILES string of the molecule is C=CS(=O)(=O)NC1CCC(CN(C)C)CC1.O=C(O)C(F)(F)F. The lowest BCUT2D eigenvalue weighted by atomic mass is 9.86. The fraction of sp³-hybridized carbons (Fsp3) is 0.769. The zero-order valence-corrected chi connectivity index (χ0v) is 14.0. The fourth-order valence-electron chi connectivity index (χ4n) is 2.26. The number of halogens is 3. The molecule has 0 aliphatic heterocycles. The number of aliphatic carboxylic acids is 1. The molecular weight excluding hydrogens is 337 g/mol. The van der Waals surface area contributed by atoms with Crippen molar-refractivity contribution in [3.63, 3.8) is 0 Å². The molecule has 0 unspecified atom stereocenters. The molecule has 0 atom stereocenters. The Kier molecular flexibility index (Phi) is 8.78. The summed E-state index contributed by atoms with van der Waals surface area (Å²) in [6.07, 6.45) is -1.01. The summed E-state index contributed by atoms with van der Waals surface area (Å²) in [5.74, 6) is -2.05. The van der Waals surface area contributed by atoms with Gasteiger partial charge in [0.2, 0.25) is 10.0 Å². The molecule has 1 fully saturated rings. The predicted octanol–water partition coefficient (Wildman–Crippen LogP) is 1.80. The predicted molar refractivity (Wildman–Crippen MR) is 80.2 cm³/mol. The number of hydrogen-bond donors (Lipinski definition) is 2. The van der Waals surface area contributed by atoms with Crippen molar-refractivity contribution < 1.29 is 31.5 Å². The van der Waals surface area contributed by atoms with E-state index in [9.17, 15) is 21.6 Å². The molecule has 0 spiro atoms. The van der Waals surface area contributed by atoms with Crippen molar-refractivity contribution in [1.29, 1.82) is 0 Å². The van der Waals surface area contributed by atoms with Gasteiger partial charge in [0.25, 0.3) is 0 Å². The van der Waals surface area contributed by atoms with Gasteiger partial charge in [-0.2, -0.15) is 13.2 Å². The highest BCUT2D eigenvalue weighted by atomic mass is 32.2. The maximum absolute atomic E-state index is 11.3. The molecule has 1 rings (SSSR count). The molecule has 23 heavy (non-hydrogen) atoms. The topological polar surface area (TPSA) is 86.7 Å². The summed E-state index contributed by atoms with van der Waals surface area (Å²) in [7, 11) is 0.896. The van der Waals surface area contributed by atoms with Gasteiger partial charge in [-0.25, -0.2) is 17.9 Å². The van der Waals surface area contributed by atoms with Gasteiger partial charge in [0, 0.05) is 18.0 Å². The summed E-state index contributed by atoms with van der Waals surface area (Å²) in [6, 6.07) is 0.0985. The van der Waals surface area contributed by atoms with Crippen LogP contribution in [0.4, 0.5) is 13.2 Å². The zero-order chi connectivity index (χ0) is 18.3. The average molecular weight is 360 g/mol. The molecule has 1 aliphatic carbocycles. The van der Waals surface area contributed by atoms with E-state index in [1.54, 1.807) is 0 Å². The number of carbonyl (C=O) groups is 1. The Labute approximate surface area is 134 Å². The highest BCUT2D eigenvalue weighted by molar-refractivity contribution is 7.92. The minimum absolute atomic E-state index is 0.0985. The van der Waals surface area contributed by atoms with Crippen molar-refractivity contribution in [2.45, 2.75) is 37.9 Å². The van der Waals surface area contributed by atoms with Crippen LogP contribution < -0.4 is 4.72 Å². The Morgan fingerprint density at radius 3 is 2.04 bits per heavy atom. The van der Waals surface area contributed by atoms with Crippen molar-refractivity contribution in [2.24, 2.45) is 5.92 Å². The fourth-order valence-corrected chi connectivity index (χ4v) is 3.06. The second-order valence-corrected chi connectivity index (χ2v) is 7.27. The van der Waals surface area contributed by atoms with Gasteiger partial charge >= 0.3 is 12.1 Å². The van der Waals surface area contributed by atoms with E-state index in [0.717, 1.165) is 37.6 Å². The molecule has 0 aromatic rings. The Morgan fingerprint density at radius 1 is 1.30 bits per heavy atom. The molecule has 6 nitrogen and oxygen atoms in total. The number of carboxylic acid groups (broad SMARTS) is 1. The number of nitrogens with zero attached hydrogens (tertiary/aromatic N) is 1. The van der Waals surface area contributed by atoms with E-state index < -0.39 is 22.2 Å². The third kappa shape index (κ3) is 10.3. The van der Waals surface area contributed by atoms with E-state index in [1.807, 2.05) is 0 Å². The summed E-state index contributed by atoms with van der Waals surface area (Å²) >= 11 is 0. The van der Waals surface area contributed by atoms with Gasteiger partial charge < -0.3 is 10.0 Å². The normalized spacial score (nSPS) is 22.2. The largest absolute Gasteiger partial charge is 0.490 e. The molecule has 0 aromatic heterocycles. The summed E-state index contributed by atoms with van der Waals surface area (Å²) < 4.78 is 57.0. The van der Waals surface area contributed by atoms with Gasteiger partial charge in [0.05, 0.1) is 0 Å². The molecule has 0 amide bonds. The zero-order valence-electron chi connectivity index (χ0n) is 13.1. The molecule has 10 heteroatoms. The van der Waals surface area contributed by atoms with Gasteiger partial charge in [-0.05, 0) is 45.7 Å². The van der Waals surface area contributed by atoms with E-state index in [2.05, 4.69) is 30.3 Å². The lowest BCUT2D eigenvalue weighted by molar-refractivity contribution is -0.192. The molecule has 0 aromatic carbocycles. The van der Waals surface area contributed by atoms with E-state index >= 15 is 0 Å². The lowest BCUT2D eigenvalue weighted by Gasteiger charge is -2.30. The molecule has 1 saturated carbocycles. The Balaban J connectivity index is 0.000000585. The summed E-state index contributed by atoms with van der Waals surface area (Å²) in [6.45, 7) is 4.39. The van der Waals surface area contributed by atoms with Gasteiger partial charge in [-0.3, -0.25) is 0 Å². The second kappa shape index (κ2) is 9.24. The van der Waals surface area contributed by atoms with Gasteiger partial charge in [0.1, 0.15) is 0 Å². The van der Waals surface area contributed by atoms with Crippen LogP contribution in [0.15, 0.2) is 12.0 Å². The van der Waals surface area contributed by atoms with Crippen LogP contribution in [0.25, 0.3) is 0 Å². The quantitative estimate of drug-likeness (QED) is 0.781. The third-order valence-corrected chi connectivity index (χ3v) is 4.36. The lowest BCUT2D eigenvalue weighted by Crippen LogP contribution is -2.38. The van der Waals surface area contributed by atoms with Crippen molar-refractivity contribution in [3.8, 4) is 0 Å². The number of alkyl halides is 3. The maximum atomic E-state index is 11.3. The maximum Gasteiger partial charge on any atom is 0.490 e. The minimum Gasteiger partial charge on any atom is -0.475 e. The van der Waals surface area contributed by atoms with Crippen molar-refractivity contribution in [3.05, 3.63) is 12.0 Å². The first-order valence-electron chi connectivity index (χ1n) is 6.97. The monoisotopic (exact) mass is 360 g/mol. The number of nitrogens with one attached hydrogen (secondary N) is 1. The van der Waals surface area contributed by atoms with Crippen LogP contribution in [0.1, 0.15) is 25.7 Å². The van der Waals surface area contributed by atoms with Crippen LogP contribution in [0.3, 0.4) is 0 Å². The van der Waals surface area contributed by atoms with Crippen LogP contribution in [0.5, 0.6) is 0 Å². The van der Waals surface area contributed by atoms with Crippen LogP contribution in [-0.4, -0.2) is 57.3 Å². The summed E-state index contributed by atoms with van der Waals surface area (Å²) in [5, 5.41) is 8.11. The van der Waals surface area contributed by atoms with Crippen LogP contribution in [0, 0.1) is 5.92 Å². The van der Waals surface area contributed by atoms with Crippen molar-refractivity contribution >= 4 is 16.0 Å². The smallest absolute Gasteiger partial charge is 0.475 e. The Bertz CT molecular complexity index is 484.